The van der Waals surface area contributed by atoms with Crippen LogP contribution < -0.4 is 15.4 Å². The highest BCUT2D eigenvalue weighted by molar-refractivity contribution is 6.31. The number of benzene rings is 1. The Labute approximate surface area is 154 Å². The van der Waals surface area contributed by atoms with Crippen LogP contribution in [-0.4, -0.2) is 29.4 Å². The van der Waals surface area contributed by atoms with Gasteiger partial charge in [0.15, 0.2) is 5.75 Å². The van der Waals surface area contributed by atoms with Crippen LogP contribution in [0.5, 0.6) is 5.75 Å². The highest BCUT2D eigenvalue weighted by Gasteiger charge is 2.28. The molecule has 0 aromatic heterocycles. The van der Waals surface area contributed by atoms with Gasteiger partial charge in [-0.15, -0.1) is 0 Å². The van der Waals surface area contributed by atoms with E-state index < -0.39 is 22.8 Å². The van der Waals surface area contributed by atoms with E-state index in [4.69, 9.17) is 4.74 Å². The molecule has 2 fully saturated rings. The third kappa shape index (κ3) is 4.49. The summed E-state index contributed by atoms with van der Waals surface area (Å²) in [4.78, 5) is 45.4. The van der Waals surface area contributed by atoms with Crippen LogP contribution in [0.25, 0.3) is 6.08 Å². The number of rotatable bonds is 5. The van der Waals surface area contributed by atoms with Crippen molar-refractivity contribution in [2.45, 2.75) is 32.1 Å². The van der Waals surface area contributed by atoms with Crippen LogP contribution in [0.3, 0.4) is 0 Å². The van der Waals surface area contributed by atoms with Crippen molar-refractivity contribution < 1.29 is 24.0 Å². The summed E-state index contributed by atoms with van der Waals surface area (Å²) in [7, 11) is 0. The lowest BCUT2D eigenvalue weighted by atomic mass is 9.90. The summed E-state index contributed by atoms with van der Waals surface area (Å²) in [6, 6.07) is 3.31. The molecule has 9 nitrogen and oxygen atoms in total. The minimum atomic E-state index is -0.903. The maximum Gasteiger partial charge on any atom is 0.328 e. The zero-order chi connectivity index (χ0) is 19.4. The molecule has 2 N–H and O–H groups in total. The lowest BCUT2D eigenvalue weighted by molar-refractivity contribution is -0.385. The van der Waals surface area contributed by atoms with Crippen LogP contribution in [0.2, 0.25) is 0 Å². The number of carbonyl (C=O) groups excluding carboxylic acids is 3. The molecule has 0 spiro atoms. The summed E-state index contributed by atoms with van der Waals surface area (Å²) in [5.41, 5.74) is -0.269. The number of nitrogens with zero attached hydrogens (tertiary/aromatic N) is 1. The number of barbiturate groups is 1. The summed E-state index contributed by atoms with van der Waals surface area (Å²) < 4.78 is 5.67. The third-order valence-corrected chi connectivity index (χ3v) is 4.63. The maximum atomic E-state index is 11.8. The fourth-order valence-electron chi connectivity index (χ4n) is 3.22. The van der Waals surface area contributed by atoms with Crippen LogP contribution in [0.4, 0.5) is 10.5 Å². The fourth-order valence-corrected chi connectivity index (χ4v) is 3.22. The molecule has 1 aliphatic carbocycles. The van der Waals surface area contributed by atoms with Crippen molar-refractivity contribution in [1.29, 1.82) is 0 Å². The minimum absolute atomic E-state index is 0.153. The first-order valence-electron chi connectivity index (χ1n) is 8.73. The number of hydrogen-bond donors (Lipinski definition) is 2. The number of amides is 4. The van der Waals surface area contributed by atoms with Crippen molar-refractivity contribution >= 4 is 29.6 Å². The Bertz CT molecular complexity index is 804. The Kier molecular flexibility index (Phi) is 5.49. The summed E-state index contributed by atoms with van der Waals surface area (Å²) >= 11 is 0. The second kappa shape index (κ2) is 7.98. The van der Waals surface area contributed by atoms with Gasteiger partial charge in [-0.25, -0.2) is 4.79 Å². The molecule has 0 radical (unpaired) electrons. The lowest BCUT2D eigenvalue weighted by Crippen LogP contribution is -2.51. The van der Waals surface area contributed by atoms with Gasteiger partial charge in [0.2, 0.25) is 0 Å². The quantitative estimate of drug-likeness (QED) is 0.353. The maximum absolute atomic E-state index is 11.8. The highest BCUT2D eigenvalue weighted by Crippen LogP contribution is 2.31. The summed E-state index contributed by atoms with van der Waals surface area (Å²) in [6.45, 7) is 0.425. The normalized spacial score (nSPS) is 17.9. The molecular weight excluding hydrogens is 354 g/mol. The SMILES string of the molecule is O=C1NC(=O)C(=Cc2ccc(OCC3CCCCC3)c([N+](=O)[O-])c2)C(=O)N1. The molecular formula is C18H19N3O6. The molecule has 142 valence electrons. The van der Waals surface area contributed by atoms with Crippen LogP contribution in [0.1, 0.15) is 37.7 Å². The van der Waals surface area contributed by atoms with Crippen LogP contribution in [0.15, 0.2) is 23.8 Å². The number of carbonyl (C=O) groups is 3. The van der Waals surface area contributed by atoms with Gasteiger partial charge in [0.1, 0.15) is 5.57 Å². The number of nitrogens with one attached hydrogen (secondary N) is 2. The first kappa shape index (κ1) is 18.6. The van der Waals surface area contributed by atoms with Crippen molar-refractivity contribution in [2.75, 3.05) is 6.61 Å². The van der Waals surface area contributed by atoms with E-state index in [1.54, 1.807) is 0 Å². The van der Waals surface area contributed by atoms with Crippen molar-refractivity contribution in [3.8, 4) is 5.75 Å². The molecule has 27 heavy (non-hydrogen) atoms. The van der Waals surface area contributed by atoms with Crippen molar-refractivity contribution in [1.82, 2.24) is 10.6 Å². The monoisotopic (exact) mass is 373 g/mol. The Morgan fingerprint density at radius 1 is 1.11 bits per heavy atom. The number of nitro benzene ring substituents is 1. The highest BCUT2D eigenvalue weighted by atomic mass is 16.6. The number of imide groups is 2. The van der Waals surface area contributed by atoms with Crippen molar-refractivity contribution in [3.05, 3.63) is 39.4 Å². The van der Waals surface area contributed by atoms with Gasteiger partial charge in [0.05, 0.1) is 11.5 Å². The number of urea groups is 1. The molecule has 0 bridgehead atoms. The van der Waals surface area contributed by atoms with Crippen LogP contribution >= 0.6 is 0 Å². The van der Waals surface area contributed by atoms with Gasteiger partial charge in [-0.3, -0.25) is 30.3 Å². The molecule has 4 amide bonds. The third-order valence-electron chi connectivity index (χ3n) is 4.63. The minimum Gasteiger partial charge on any atom is -0.487 e. The topological polar surface area (TPSA) is 128 Å². The molecule has 1 heterocycles. The van der Waals surface area contributed by atoms with Gasteiger partial charge in [-0.2, -0.15) is 0 Å². The Morgan fingerprint density at radius 2 is 1.78 bits per heavy atom. The van der Waals surface area contributed by atoms with Gasteiger partial charge in [-0.1, -0.05) is 25.3 Å². The first-order chi connectivity index (χ1) is 12.9. The van der Waals surface area contributed by atoms with Gasteiger partial charge >= 0.3 is 11.7 Å². The summed E-state index contributed by atoms with van der Waals surface area (Å²) in [5, 5.41) is 15.3. The summed E-state index contributed by atoms with van der Waals surface area (Å²) in [5.74, 6) is -1.17. The van der Waals surface area contributed by atoms with Crippen LogP contribution in [0, 0.1) is 16.0 Å². The van der Waals surface area contributed by atoms with E-state index in [0.29, 0.717) is 12.5 Å². The molecule has 3 rings (SSSR count). The molecule has 0 atom stereocenters. The molecule has 9 heteroatoms. The number of hydrogen-bond acceptors (Lipinski definition) is 6. The second-order valence-corrected chi connectivity index (χ2v) is 6.59. The van der Waals surface area contributed by atoms with Gasteiger partial charge in [0.25, 0.3) is 11.8 Å². The molecule has 2 aliphatic rings. The summed E-state index contributed by atoms with van der Waals surface area (Å²) in [6.07, 6.45) is 6.81. The number of ether oxygens (including phenoxy) is 1. The standard InChI is InChI=1S/C18H19N3O6/c22-16-13(17(23)20-18(24)19-16)8-12-6-7-15(14(9-12)21(25)26)27-10-11-4-2-1-3-5-11/h6-9,11H,1-5,10H2,(H2,19,20,22,23,24). The Balaban J connectivity index is 1.79. The molecule has 0 unspecified atom stereocenters. The van der Waals surface area contributed by atoms with E-state index >= 15 is 0 Å². The van der Waals surface area contributed by atoms with Crippen molar-refractivity contribution in [2.24, 2.45) is 5.92 Å². The molecule has 1 aliphatic heterocycles. The Morgan fingerprint density at radius 3 is 2.41 bits per heavy atom. The average molecular weight is 373 g/mol. The fraction of sp³-hybridized carbons (Fsp3) is 0.389. The largest absolute Gasteiger partial charge is 0.487 e. The Hall–Kier alpha value is -3.23. The van der Waals surface area contributed by atoms with Gasteiger partial charge in [-0.05, 0) is 36.5 Å². The van der Waals surface area contributed by atoms with E-state index in [9.17, 15) is 24.5 Å². The zero-order valence-corrected chi connectivity index (χ0v) is 14.5. The van der Waals surface area contributed by atoms with Gasteiger partial charge < -0.3 is 4.74 Å². The van der Waals surface area contributed by atoms with Gasteiger partial charge in [0, 0.05) is 6.07 Å². The predicted molar refractivity (Wildman–Crippen MR) is 94.8 cm³/mol. The zero-order valence-electron chi connectivity index (χ0n) is 14.5. The second-order valence-electron chi connectivity index (χ2n) is 6.59. The lowest BCUT2D eigenvalue weighted by Gasteiger charge is -2.21. The number of nitro groups is 1. The van der Waals surface area contributed by atoms with Crippen LogP contribution in [-0.2, 0) is 9.59 Å². The predicted octanol–water partition coefficient (Wildman–Crippen LogP) is 2.30. The average Bonchev–Trinajstić information content (AvgIpc) is 2.64. The van der Waals surface area contributed by atoms with E-state index in [1.807, 2.05) is 10.6 Å². The molecule has 1 saturated carbocycles. The van der Waals surface area contributed by atoms with E-state index in [1.165, 1.54) is 30.7 Å². The van der Waals surface area contributed by atoms with Crippen molar-refractivity contribution in [3.63, 3.8) is 0 Å². The molecule has 1 aromatic rings. The smallest absolute Gasteiger partial charge is 0.328 e. The first-order valence-corrected chi connectivity index (χ1v) is 8.73. The molecule has 1 saturated heterocycles. The van der Waals surface area contributed by atoms with E-state index in [-0.39, 0.29) is 22.6 Å². The van der Waals surface area contributed by atoms with E-state index in [0.717, 1.165) is 25.7 Å². The molecule has 1 aromatic carbocycles. The van der Waals surface area contributed by atoms with E-state index in [2.05, 4.69) is 0 Å².